The minimum absolute atomic E-state index is 0.196. The van der Waals surface area contributed by atoms with Crippen LogP contribution in [-0.4, -0.2) is 38.5 Å². The maximum Gasteiger partial charge on any atom is 0.127 e. The molecule has 0 aliphatic heterocycles. The fourth-order valence-electron chi connectivity index (χ4n) is 2.20. The third-order valence-corrected chi connectivity index (χ3v) is 4.48. The lowest BCUT2D eigenvalue weighted by atomic mass is 10.2. The average molecular weight is 335 g/mol. The number of benzene rings is 2. The van der Waals surface area contributed by atoms with E-state index in [1.807, 2.05) is 30.3 Å². The summed E-state index contributed by atoms with van der Waals surface area (Å²) in [5, 5.41) is 0. The predicted molar refractivity (Wildman–Crippen MR) is 93.0 cm³/mol. The summed E-state index contributed by atoms with van der Waals surface area (Å²) in [4.78, 5) is 3.32. The van der Waals surface area contributed by atoms with Gasteiger partial charge in [0.2, 0.25) is 0 Å². The molecule has 2 rings (SSSR count). The maximum absolute atomic E-state index is 12.9. The van der Waals surface area contributed by atoms with Gasteiger partial charge in [-0.1, -0.05) is 6.07 Å². The van der Waals surface area contributed by atoms with Gasteiger partial charge in [0.15, 0.2) is 0 Å². The van der Waals surface area contributed by atoms with Crippen molar-refractivity contribution in [3.63, 3.8) is 0 Å². The Morgan fingerprint density at radius 3 is 2.43 bits per heavy atom. The fourth-order valence-corrected chi connectivity index (χ4v) is 3.17. The third kappa shape index (κ3) is 5.44. The molecule has 2 aromatic rings. The first-order valence-corrected chi connectivity index (χ1v) is 8.38. The highest BCUT2D eigenvalue weighted by Gasteiger charge is 2.08. The lowest BCUT2D eigenvalue weighted by Crippen LogP contribution is -2.21. The fraction of sp³-hybridized carbons (Fsp3) is 0.333. The van der Waals surface area contributed by atoms with E-state index in [9.17, 15) is 4.39 Å². The van der Waals surface area contributed by atoms with E-state index >= 15 is 0 Å². The van der Waals surface area contributed by atoms with Crippen LogP contribution >= 0.6 is 11.8 Å². The van der Waals surface area contributed by atoms with Crippen molar-refractivity contribution in [2.24, 2.45) is 0 Å². The topological polar surface area (TPSA) is 21.7 Å². The van der Waals surface area contributed by atoms with E-state index in [4.69, 9.17) is 9.47 Å². The summed E-state index contributed by atoms with van der Waals surface area (Å²) in [6.07, 6.45) is 0. The highest BCUT2D eigenvalue weighted by molar-refractivity contribution is 7.99. The van der Waals surface area contributed by atoms with Crippen molar-refractivity contribution in [3.05, 3.63) is 53.8 Å². The Morgan fingerprint density at radius 2 is 1.78 bits per heavy atom. The molecule has 124 valence electrons. The van der Waals surface area contributed by atoms with Crippen LogP contribution < -0.4 is 9.47 Å². The number of halogens is 1. The van der Waals surface area contributed by atoms with E-state index in [-0.39, 0.29) is 5.82 Å². The van der Waals surface area contributed by atoms with Crippen LogP contribution in [0.4, 0.5) is 4.39 Å². The van der Waals surface area contributed by atoms with Crippen molar-refractivity contribution in [1.29, 1.82) is 0 Å². The van der Waals surface area contributed by atoms with E-state index in [1.165, 1.54) is 12.1 Å². The van der Waals surface area contributed by atoms with Crippen LogP contribution in [0.1, 0.15) is 5.56 Å². The molecule has 23 heavy (non-hydrogen) atoms. The Bertz CT molecular complexity index is 619. The van der Waals surface area contributed by atoms with Crippen molar-refractivity contribution in [2.75, 3.05) is 33.6 Å². The molecule has 0 bridgehead atoms. The zero-order chi connectivity index (χ0) is 16.7. The molecule has 0 fully saturated rings. The molecule has 0 N–H and O–H groups in total. The van der Waals surface area contributed by atoms with Crippen LogP contribution in [0.3, 0.4) is 0 Å². The minimum atomic E-state index is -0.196. The molecule has 0 unspecified atom stereocenters. The predicted octanol–water partition coefficient (Wildman–Crippen LogP) is 4.07. The second kappa shape index (κ2) is 8.79. The van der Waals surface area contributed by atoms with Crippen LogP contribution in [0.15, 0.2) is 47.4 Å². The van der Waals surface area contributed by atoms with Crippen molar-refractivity contribution >= 4 is 11.8 Å². The summed E-state index contributed by atoms with van der Waals surface area (Å²) in [6, 6.07) is 12.5. The molecule has 0 aliphatic carbocycles. The van der Waals surface area contributed by atoms with Gasteiger partial charge >= 0.3 is 0 Å². The molecule has 0 heterocycles. The van der Waals surface area contributed by atoms with E-state index in [0.29, 0.717) is 0 Å². The van der Waals surface area contributed by atoms with Crippen molar-refractivity contribution < 1.29 is 13.9 Å². The molecule has 0 saturated heterocycles. The van der Waals surface area contributed by atoms with Gasteiger partial charge in [0.25, 0.3) is 0 Å². The summed E-state index contributed by atoms with van der Waals surface area (Å²) in [7, 11) is 5.39. The number of ether oxygens (including phenoxy) is 2. The summed E-state index contributed by atoms with van der Waals surface area (Å²) < 4.78 is 23.5. The minimum Gasteiger partial charge on any atom is -0.497 e. The Morgan fingerprint density at radius 1 is 1.04 bits per heavy atom. The van der Waals surface area contributed by atoms with E-state index in [1.54, 1.807) is 26.0 Å². The number of hydrogen-bond acceptors (Lipinski definition) is 4. The normalized spacial score (nSPS) is 10.8. The Kier molecular flexibility index (Phi) is 6.74. The lowest BCUT2D eigenvalue weighted by molar-refractivity contribution is 0.333. The van der Waals surface area contributed by atoms with Crippen LogP contribution in [0.25, 0.3) is 0 Å². The van der Waals surface area contributed by atoms with Gasteiger partial charge in [-0.05, 0) is 37.4 Å². The van der Waals surface area contributed by atoms with Gasteiger partial charge < -0.3 is 14.4 Å². The average Bonchev–Trinajstić information content (AvgIpc) is 2.57. The monoisotopic (exact) mass is 335 g/mol. The molecule has 3 nitrogen and oxygen atoms in total. The van der Waals surface area contributed by atoms with Crippen molar-refractivity contribution in [1.82, 2.24) is 4.90 Å². The summed E-state index contributed by atoms with van der Waals surface area (Å²) >= 11 is 1.72. The number of methoxy groups -OCH3 is 2. The van der Waals surface area contributed by atoms with Crippen LogP contribution in [0, 0.1) is 5.82 Å². The smallest absolute Gasteiger partial charge is 0.127 e. The molecule has 2 aromatic carbocycles. The molecular weight excluding hydrogens is 313 g/mol. The first kappa shape index (κ1) is 17.6. The number of nitrogens with zero attached hydrogens (tertiary/aromatic N) is 1. The van der Waals surface area contributed by atoms with E-state index < -0.39 is 0 Å². The van der Waals surface area contributed by atoms with Crippen LogP contribution in [0.2, 0.25) is 0 Å². The van der Waals surface area contributed by atoms with Crippen molar-refractivity contribution in [2.45, 2.75) is 11.4 Å². The van der Waals surface area contributed by atoms with Gasteiger partial charge in [-0.2, -0.15) is 0 Å². The Hall–Kier alpha value is -1.72. The highest BCUT2D eigenvalue weighted by Crippen LogP contribution is 2.25. The van der Waals surface area contributed by atoms with Gasteiger partial charge in [0, 0.05) is 35.4 Å². The largest absolute Gasteiger partial charge is 0.497 e. The van der Waals surface area contributed by atoms with Gasteiger partial charge in [-0.25, -0.2) is 4.39 Å². The molecule has 0 aromatic heterocycles. The molecule has 0 radical (unpaired) electrons. The Balaban J connectivity index is 1.84. The molecule has 0 saturated carbocycles. The molecule has 5 heteroatoms. The third-order valence-electron chi connectivity index (χ3n) is 3.49. The standard InChI is InChI=1S/C18H22FNO2S/c1-20(10-11-23-17-8-5-15(19)6-9-17)13-14-4-7-16(21-2)12-18(14)22-3/h4-9,12H,10-11,13H2,1-3H3. The summed E-state index contributed by atoms with van der Waals surface area (Å²) in [5.74, 6) is 2.38. The Labute approximate surface area is 141 Å². The second-order valence-corrected chi connectivity index (χ2v) is 6.39. The first-order valence-electron chi connectivity index (χ1n) is 7.40. The molecule has 0 amide bonds. The first-order chi connectivity index (χ1) is 11.1. The number of thioether (sulfide) groups is 1. The van der Waals surface area contributed by atoms with Crippen molar-refractivity contribution in [3.8, 4) is 11.5 Å². The number of rotatable bonds is 8. The van der Waals surface area contributed by atoms with Crippen LogP contribution in [-0.2, 0) is 6.54 Å². The number of hydrogen-bond donors (Lipinski definition) is 0. The zero-order valence-electron chi connectivity index (χ0n) is 13.7. The quantitative estimate of drug-likeness (QED) is 0.678. The summed E-state index contributed by atoms with van der Waals surface area (Å²) in [5.41, 5.74) is 1.13. The van der Waals surface area contributed by atoms with Crippen LogP contribution in [0.5, 0.6) is 11.5 Å². The highest BCUT2D eigenvalue weighted by atomic mass is 32.2. The molecule has 0 aliphatic rings. The summed E-state index contributed by atoms with van der Waals surface area (Å²) in [6.45, 7) is 1.73. The van der Waals surface area contributed by atoms with Gasteiger partial charge in [-0.3, -0.25) is 0 Å². The molecule has 0 atom stereocenters. The lowest BCUT2D eigenvalue weighted by Gasteiger charge is -2.18. The molecule has 0 spiro atoms. The molecular formula is C18H22FNO2S. The van der Waals surface area contributed by atoms with Gasteiger partial charge in [0.05, 0.1) is 14.2 Å². The van der Waals surface area contributed by atoms with Gasteiger partial charge in [-0.15, -0.1) is 11.8 Å². The van der Waals surface area contributed by atoms with Gasteiger partial charge in [0.1, 0.15) is 17.3 Å². The second-order valence-electron chi connectivity index (χ2n) is 5.22. The van der Waals surface area contributed by atoms with E-state index in [0.717, 1.165) is 40.8 Å². The SMILES string of the molecule is COc1ccc(CN(C)CCSc2ccc(F)cc2)c(OC)c1. The zero-order valence-corrected chi connectivity index (χ0v) is 14.5. The maximum atomic E-state index is 12.9. The van der Waals surface area contributed by atoms with E-state index in [2.05, 4.69) is 11.9 Å².